The maximum absolute atomic E-state index is 5.46. The minimum absolute atomic E-state index is 0.790. The summed E-state index contributed by atoms with van der Waals surface area (Å²) in [5.74, 6) is 1.92. The minimum atomic E-state index is 0.790. The number of H-pyrrole nitrogens is 1. The van der Waals surface area contributed by atoms with Crippen LogP contribution in [0.2, 0.25) is 0 Å². The molecular weight excluding hydrogens is 152 g/mol. The van der Waals surface area contributed by atoms with E-state index in [-0.39, 0.29) is 0 Å². The van der Waals surface area contributed by atoms with Gasteiger partial charge < -0.3 is 15.6 Å². The summed E-state index contributed by atoms with van der Waals surface area (Å²) in [5, 5.41) is 0. The standard InChI is InChI=1S/C8H14N4/c9-2-1-7-4-12(5-7)8-3-10-6-11-8/h3,6-7H,1-2,4-5,9H2,(H,10,11). The highest BCUT2D eigenvalue weighted by atomic mass is 15.3. The van der Waals surface area contributed by atoms with Crippen LogP contribution in [0.5, 0.6) is 0 Å². The lowest BCUT2D eigenvalue weighted by Crippen LogP contribution is -2.47. The van der Waals surface area contributed by atoms with E-state index >= 15 is 0 Å². The first kappa shape index (κ1) is 7.61. The molecule has 1 aliphatic rings. The van der Waals surface area contributed by atoms with Crippen molar-refractivity contribution in [1.29, 1.82) is 0 Å². The molecule has 0 saturated carbocycles. The van der Waals surface area contributed by atoms with Gasteiger partial charge in [0.05, 0.1) is 12.5 Å². The topological polar surface area (TPSA) is 57.9 Å². The Balaban J connectivity index is 1.82. The first-order valence-electron chi connectivity index (χ1n) is 4.33. The Morgan fingerprint density at radius 3 is 3.08 bits per heavy atom. The van der Waals surface area contributed by atoms with Crippen molar-refractivity contribution >= 4 is 5.82 Å². The number of nitrogens with two attached hydrogens (primary N) is 1. The summed E-state index contributed by atoms with van der Waals surface area (Å²) in [6.45, 7) is 3.06. The van der Waals surface area contributed by atoms with Gasteiger partial charge in [-0.1, -0.05) is 0 Å². The van der Waals surface area contributed by atoms with E-state index in [0.717, 1.165) is 37.8 Å². The highest BCUT2D eigenvalue weighted by Crippen LogP contribution is 2.23. The zero-order valence-electron chi connectivity index (χ0n) is 7.03. The summed E-state index contributed by atoms with van der Waals surface area (Å²) >= 11 is 0. The van der Waals surface area contributed by atoms with Gasteiger partial charge in [-0.3, -0.25) is 0 Å². The smallest absolute Gasteiger partial charge is 0.125 e. The molecule has 1 aliphatic heterocycles. The Labute approximate surface area is 71.8 Å². The van der Waals surface area contributed by atoms with Crippen LogP contribution in [0, 0.1) is 5.92 Å². The molecule has 3 N–H and O–H groups in total. The van der Waals surface area contributed by atoms with Crippen LogP contribution in [0.15, 0.2) is 12.5 Å². The molecule has 1 aromatic rings. The molecule has 0 bridgehead atoms. The minimum Gasteiger partial charge on any atom is -0.356 e. The molecule has 0 radical (unpaired) electrons. The molecule has 0 aromatic carbocycles. The van der Waals surface area contributed by atoms with Crippen molar-refractivity contribution in [2.45, 2.75) is 6.42 Å². The van der Waals surface area contributed by atoms with Gasteiger partial charge in [-0.15, -0.1) is 0 Å². The second-order valence-corrected chi connectivity index (χ2v) is 3.29. The van der Waals surface area contributed by atoms with Gasteiger partial charge in [-0.05, 0) is 18.9 Å². The molecule has 0 atom stereocenters. The van der Waals surface area contributed by atoms with Crippen molar-refractivity contribution in [2.24, 2.45) is 11.7 Å². The maximum Gasteiger partial charge on any atom is 0.125 e. The van der Waals surface area contributed by atoms with Crippen LogP contribution >= 0.6 is 0 Å². The van der Waals surface area contributed by atoms with Crippen LogP contribution in [-0.2, 0) is 0 Å². The average molecular weight is 166 g/mol. The first-order chi connectivity index (χ1) is 5.90. The molecular formula is C8H14N4. The Hall–Kier alpha value is -1.03. The molecule has 4 heteroatoms. The van der Waals surface area contributed by atoms with Crippen molar-refractivity contribution in [3.05, 3.63) is 12.5 Å². The van der Waals surface area contributed by atoms with E-state index in [1.807, 2.05) is 6.20 Å². The molecule has 1 fully saturated rings. The maximum atomic E-state index is 5.46. The molecule has 1 aromatic heterocycles. The number of anilines is 1. The lowest BCUT2D eigenvalue weighted by atomic mass is 9.97. The van der Waals surface area contributed by atoms with E-state index < -0.39 is 0 Å². The van der Waals surface area contributed by atoms with Crippen molar-refractivity contribution in [2.75, 3.05) is 24.5 Å². The van der Waals surface area contributed by atoms with Gasteiger partial charge in [-0.25, -0.2) is 4.98 Å². The quantitative estimate of drug-likeness (QED) is 0.674. The molecule has 0 spiro atoms. The largest absolute Gasteiger partial charge is 0.356 e. The number of imidazole rings is 1. The van der Waals surface area contributed by atoms with Crippen molar-refractivity contribution in [3.8, 4) is 0 Å². The van der Waals surface area contributed by atoms with E-state index in [1.54, 1.807) is 6.33 Å². The van der Waals surface area contributed by atoms with Crippen LogP contribution in [0.4, 0.5) is 5.82 Å². The SMILES string of the molecule is NCCC1CN(c2cnc[nH]2)C1. The van der Waals surface area contributed by atoms with Crippen LogP contribution in [0.1, 0.15) is 6.42 Å². The van der Waals surface area contributed by atoms with Gasteiger partial charge in [0.1, 0.15) is 5.82 Å². The zero-order chi connectivity index (χ0) is 8.39. The molecule has 0 unspecified atom stereocenters. The fraction of sp³-hybridized carbons (Fsp3) is 0.625. The van der Waals surface area contributed by atoms with Gasteiger partial charge in [0.15, 0.2) is 0 Å². The molecule has 2 rings (SSSR count). The Kier molecular flexibility index (Phi) is 1.99. The van der Waals surface area contributed by atoms with E-state index in [9.17, 15) is 0 Å². The molecule has 12 heavy (non-hydrogen) atoms. The summed E-state index contributed by atoms with van der Waals surface area (Å²) in [6, 6.07) is 0. The monoisotopic (exact) mass is 166 g/mol. The fourth-order valence-corrected chi connectivity index (χ4v) is 1.61. The number of hydrogen-bond acceptors (Lipinski definition) is 3. The van der Waals surface area contributed by atoms with Gasteiger partial charge in [0, 0.05) is 13.1 Å². The van der Waals surface area contributed by atoms with E-state index in [2.05, 4.69) is 14.9 Å². The summed E-state index contributed by atoms with van der Waals surface area (Å²) in [4.78, 5) is 9.34. The second kappa shape index (κ2) is 3.15. The zero-order valence-corrected chi connectivity index (χ0v) is 7.03. The Morgan fingerprint density at radius 1 is 1.67 bits per heavy atom. The first-order valence-corrected chi connectivity index (χ1v) is 4.33. The van der Waals surface area contributed by atoms with E-state index in [1.165, 1.54) is 0 Å². The Bertz CT molecular complexity index is 225. The van der Waals surface area contributed by atoms with Gasteiger partial charge in [0.25, 0.3) is 0 Å². The van der Waals surface area contributed by atoms with Crippen molar-refractivity contribution < 1.29 is 0 Å². The molecule has 0 amide bonds. The van der Waals surface area contributed by atoms with Gasteiger partial charge >= 0.3 is 0 Å². The molecule has 0 aliphatic carbocycles. The summed E-state index contributed by atoms with van der Waals surface area (Å²) < 4.78 is 0. The molecule has 1 saturated heterocycles. The van der Waals surface area contributed by atoms with Gasteiger partial charge in [0.2, 0.25) is 0 Å². The molecule has 66 valence electrons. The number of rotatable bonds is 3. The van der Waals surface area contributed by atoms with Crippen LogP contribution in [0.3, 0.4) is 0 Å². The number of nitrogens with zero attached hydrogens (tertiary/aromatic N) is 2. The second-order valence-electron chi connectivity index (χ2n) is 3.29. The highest BCUT2D eigenvalue weighted by Gasteiger charge is 2.26. The lowest BCUT2D eigenvalue weighted by Gasteiger charge is -2.39. The number of hydrogen-bond donors (Lipinski definition) is 2. The van der Waals surface area contributed by atoms with Gasteiger partial charge in [-0.2, -0.15) is 0 Å². The third-order valence-electron chi connectivity index (χ3n) is 2.36. The fourth-order valence-electron chi connectivity index (χ4n) is 1.61. The van der Waals surface area contributed by atoms with Crippen LogP contribution < -0.4 is 10.6 Å². The van der Waals surface area contributed by atoms with E-state index in [4.69, 9.17) is 5.73 Å². The summed E-state index contributed by atoms with van der Waals surface area (Å²) in [6.07, 6.45) is 4.72. The Morgan fingerprint density at radius 2 is 2.50 bits per heavy atom. The summed E-state index contributed by atoms with van der Waals surface area (Å²) in [5.41, 5.74) is 5.46. The number of aromatic amines is 1. The van der Waals surface area contributed by atoms with E-state index in [0.29, 0.717) is 0 Å². The highest BCUT2D eigenvalue weighted by molar-refractivity contribution is 5.38. The molecule has 4 nitrogen and oxygen atoms in total. The lowest BCUT2D eigenvalue weighted by molar-refractivity contribution is 0.387. The summed E-state index contributed by atoms with van der Waals surface area (Å²) in [7, 11) is 0. The predicted molar refractivity (Wildman–Crippen MR) is 48.0 cm³/mol. The molecule has 2 heterocycles. The van der Waals surface area contributed by atoms with Crippen LogP contribution in [-0.4, -0.2) is 29.6 Å². The average Bonchev–Trinajstić information content (AvgIpc) is 2.47. The number of nitrogens with one attached hydrogen (secondary N) is 1. The third kappa shape index (κ3) is 1.30. The predicted octanol–water partition coefficient (Wildman–Crippen LogP) is 0.195. The van der Waals surface area contributed by atoms with Crippen molar-refractivity contribution in [3.63, 3.8) is 0 Å². The van der Waals surface area contributed by atoms with Crippen LogP contribution in [0.25, 0.3) is 0 Å². The third-order valence-corrected chi connectivity index (χ3v) is 2.36. The van der Waals surface area contributed by atoms with Crippen molar-refractivity contribution in [1.82, 2.24) is 9.97 Å². The normalized spacial score (nSPS) is 17.9. The number of aromatic nitrogens is 2.